The molecule has 1 unspecified atom stereocenters. The van der Waals surface area contributed by atoms with E-state index in [4.69, 9.17) is 11.6 Å². The normalized spacial score (nSPS) is 12.6. The van der Waals surface area contributed by atoms with Crippen molar-refractivity contribution in [3.05, 3.63) is 46.3 Å². The van der Waals surface area contributed by atoms with Crippen molar-refractivity contribution in [1.29, 1.82) is 0 Å². The van der Waals surface area contributed by atoms with Gasteiger partial charge in [0, 0.05) is 10.9 Å². The van der Waals surface area contributed by atoms with Crippen LogP contribution < -0.4 is 5.32 Å². The van der Waals surface area contributed by atoms with Gasteiger partial charge in [0.15, 0.2) is 0 Å². The van der Waals surface area contributed by atoms with E-state index in [-0.39, 0.29) is 0 Å². The Bertz CT molecular complexity index is 507. The van der Waals surface area contributed by atoms with Gasteiger partial charge in [-0.2, -0.15) is 0 Å². The van der Waals surface area contributed by atoms with E-state index in [9.17, 15) is 0 Å². The molecule has 2 aromatic rings. The zero-order chi connectivity index (χ0) is 13.0. The lowest BCUT2D eigenvalue weighted by Gasteiger charge is -2.16. The second-order valence-electron chi connectivity index (χ2n) is 4.25. The smallest absolute Gasteiger partial charge is 0.0934 e. The predicted molar refractivity (Wildman–Crippen MR) is 81.5 cm³/mol. The largest absolute Gasteiger partial charge is 0.310 e. The number of hydrogen-bond donors (Lipinski definition) is 1. The van der Waals surface area contributed by atoms with Crippen LogP contribution in [-0.2, 0) is 0 Å². The SMILES string of the molecule is CCNC(CC)c1cccc(-c2ccc(Cl)s2)c1. The van der Waals surface area contributed by atoms with Gasteiger partial charge < -0.3 is 5.32 Å². The lowest BCUT2D eigenvalue weighted by Crippen LogP contribution is -2.19. The van der Waals surface area contributed by atoms with Gasteiger partial charge in [0.1, 0.15) is 0 Å². The van der Waals surface area contributed by atoms with Crippen LogP contribution in [0, 0.1) is 0 Å². The molecule has 0 aliphatic rings. The van der Waals surface area contributed by atoms with Crippen molar-refractivity contribution in [3.63, 3.8) is 0 Å². The topological polar surface area (TPSA) is 12.0 Å². The molecule has 0 amide bonds. The van der Waals surface area contributed by atoms with E-state index in [1.165, 1.54) is 16.0 Å². The summed E-state index contributed by atoms with van der Waals surface area (Å²) in [6, 6.07) is 13.2. The van der Waals surface area contributed by atoms with Gasteiger partial charge in [-0.1, -0.05) is 43.6 Å². The average molecular weight is 280 g/mol. The number of halogens is 1. The molecule has 1 aromatic heterocycles. The first-order valence-electron chi connectivity index (χ1n) is 6.33. The van der Waals surface area contributed by atoms with Crippen LogP contribution in [0.2, 0.25) is 4.34 Å². The maximum atomic E-state index is 6.00. The standard InChI is InChI=1S/C15H18ClNS/c1-3-13(17-4-2)11-6-5-7-12(10-11)14-8-9-15(16)18-14/h5-10,13,17H,3-4H2,1-2H3. The predicted octanol–water partition coefficient (Wildman–Crippen LogP) is 5.13. The van der Waals surface area contributed by atoms with E-state index in [1.807, 2.05) is 6.07 Å². The Balaban J connectivity index is 2.29. The van der Waals surface area contributed by atoms with Gasteiger partial charge in [-0.25, -0.2) is 0 Å². The molecule has 0 spiro atoms. The zero-order valence-electron chi connectivity index (χ0n) is 10.7. The minimum Gasteiger partial charge on any atom is -0.310 e. The molecule has 1 heterocycles. The molecular weight excluding hydrogens is 262 g/mol. The summed E-state index contributed by atoms with van der Waals surface area (Å²) in [6.45, 7) is 5.35. The van der Waals surface area contributed by atoms with Crippen molar-refractivity contribution in [2.45, 2.75) is 26.3 Å². The molecule has 2 rings (SSSR count). The second kappa shape index (κ2) is 6.37. The van der Waals surface area contributed by atoms with Gasteiger partial charge >= 0.3 is 0 Å². The molecule has 3 heteroatoms. The van der Waals surface area contributed by atoms with Gasteiger partial charge in [-0.15, -0.1) is 11.3 Å². The summed E-state index contributed by atoms with van der Waals surface area (Å²) < 4.78 is 0.842. The fourth-order valence-electron chi connectivity index (χ4n) is 2.12. The second-order valence-corrected chi connectivity index (χ2v) is 5.96. The van der Waals surface area contributed by atoms with Crippen molar-refractivity contribution in [2.24, 2.45) is 0 Å². The van der Waals surface area contributed by atoms with Crippen LogP contribution in [0.1, 0.15) is 31.9 Å². The molecule has 0 saturated carbocycles. The van der Waals surface area contributed by atoms with Crippen LogP contribution in [0.25, 0.3) is 10.4 Å². The Morgan fingerprint density at radius 2 is 2.06 bits per heavy atom. The van der Waals surface area contributed by atoms with E-state index >= 15 is 0 Å². The van der Waals surface area contributed by atoms with E-state index in [1.54, 1.807) is 11.3 Å². The Kier molecular flexibility index (Phi) is 4.81. The van der Waals surface area contributed by atoms with Crippen molar-refractivity contribution in [1.82, 2.24) is 5.32 Å². The van der Waals surface area contributed by atoms with Crippen molar-refractivity contribution in [3.8, 4) is 10.4 Å². The number of nitrogens with one attached hydrogen (secondary N) is 1. The molecule has 0 fully saturated rings. The molecule has 1 aromatic carbocycles. The van der Waals surface area contributed by atoms with Crippen LogP contribution in [0.3, 0.4) is 0 Å². The highest BCUT2D eigenvalue weighted by Crippen LogP contribution is 2.32. The molecule has 0 aliphatic heterocycles. The van der Waals surface area contributed by atoms with Crippen LogP contribution in [-0.4, -0.2) is 6.54 Å². The molecule has 1 atom stereocenters. The van der Waals surface area contributed by atoms with Crippen molar-refractivity contribution in [2.75, 3.05) is 6.54 Å². The third kappa shape index (κ3) is 3.14. The first kappa shape index (κ1) is 13.6. The lowest BCUT2D eigenvalue weighted by atomic mass is 10.0. The number of benzene rings is 1. The third-order valence-corrected chi connectivity index (χ3v) is 4.29. The fourth-order valence-corrected chi connectivity index (χ4v) is 3.16. The minimum atomic E-state index is 0.436. The van der Waals surface area contributed by atoms with E-state index in [2.05, 4.69) is 49.5 Å². The average Bonchev–Trinajstić information content (AvgIpc) is 2.83. The summed E-state index contributed by atoms with van der Waals surface area (Å²) >= 11 is 7.62. The van der Waals surface area contributed by atoms with Crippen LogP contribution in [0.15, 0.2) is 36.4 Å². The van der Waals surface area contributed by atoms with Crippen molar-refractivity contribution < 1.29 is 0 Å². The molecule has 1 nitrogen and oxygen atoms in total. The monoisotopic (exact) mass is 279 g/mol. The van der Waals surface area contributed by atoms with E-state index in [0.29, 0.717) is 6.04 Å². The molecule has 0 saturated heterocycles. The molecule has 0 aliphatic carbocycles. The fraction of sp³-hybridized carbons (Fsp3) is 0.333. The Morgan fingerprint density at radius 1 is 1.22 bits per heavy atom. The summed E-state index contributed by atoms with van der Waals surface area (Å²) in [4.78, 5) is 1.23. The Morgan fingerprint density at radius 3 is 2.67 bits per heavy atom. The van der Waals surface area contributed by atoms with Gasteiger partial charge in [0.2, 0.25) is 0 Å². The maximum Gasteiger partial charge on any atom is 0.0934 e. The Labute approximate surface area is 118 Å². The van der Waals surface area contributed by atoms with Crippen molar-refractivity contribution >= 4 is 22.9 Å². The summed E-state index contributed by atoms with van der Waals surface area (Å²) in [7, 11) is 0. The summed E-state index contributed by atoms with van der Waals surface area (Å²) in [5.74, 6) is 0. The van der Waals surface area contributed by atoms with Gasteiger partial charge in [-0.05, 0) is 42.3 Å². The third-order valence-electron chi connectivity index (χ3n) is 3.01. The molecule has 0 radical (unpaired) electrons. The summed E-state index contributed by atoms with van der Waals surface area (Å²) in [5, 5.41) is 3.51. The van der Waals surface area contributed by atoms with E-state index < -0.39 is 0 Å². The maximum absolute atomic E-state index is 6.00. The molecule has 18 heavy (non-hydrogen) atoms. The first-order chi connectivity index (χ1) is 8.74. The first-order valence-corrected chi connectivity index (χ1v) is 7.53. The summed E-state index contributed by atoms with van der Waals surface area (Å²) in [6.07, 6.45) is 1.10. The highest BCUT2D eigenvalue weighted by Gasteiger charge is 2.09. The highest BCUT2D eigenvalue weighted by molar-refractivity contribution is 7.19. The number of rotatable bonds is 5. The quantitative estimate of drug-likeness (QED) is 0.800. The molecule has 1 N–H and O–H groups in total. The van der Waals surface area contributed by atoms with Crippen LogP contribution in [0.4, 0.5) is 0 Å². The van der Waals surface area contributed by atoms with Gasteiger partial charge in [0.25, 0.3) is 0 Å². The van der Waals surface area contributed by atoms with Gasteiger partial charge in [-0.3, -0.25) is 0 Å². The Hall–Kier alpha value is -0.830. The van der Waals surface area contributed by atoms with Crippen LogP contribution >= 0.6 is 22.9 Å². The number of thiophene rings is 1. The molecule has 96 valence electrons. The van der Waals surface area contributed by atoms with E-state index in [0.717, 1.165) is 17.3 Å². The van der Waals surface area contributed by atoms with Gasteiger partial charge in [0.05, 0.1) is 4.34 Å². The van der Waals surface area contributed by atoms with Crippen LogP contribution in [0.5, 0.6) is 0 Å². The lowest BCUT2D eigenvalue weighted by molar-refractivity contribution is 0.537. The molecular formula is C15H18ClNS. The summed E-state index contributed by atoms with van der Waals surface area (Å²) in [5.41, 5.74) is 2.60. The minimum absolute atomic E-state index is 0.436. The zero-order valence-corrected chi connectivity index (χ0v) is 12.3. The highest BCUT2D eigenvalue weighted by atomic mass is 35.5. The molecule has 0 bridgehead atoms. The number of hydrogen-bond acceptors (Lipinski definition) is 2.